The number of piperidine rings is 1. The van der Waals surface area contributed by atoms with E-state index in [1.165, 1.54) is 16.0 Å². The van der Waals surface area contributed by atoms with Crippen molar-refractivity contribution in [1.82, 2.24) is 14.3 Å². The third-order valence-corrected chi connectivity index (χ3v) is 5.54. The summed E-state index contributed by atoms with van der Waals surface area (Å²) in [4.78, 5) is 31.0. The van der Waals surface area contributed by atoms with Gasteiger partial charge in [-0.2, -0.15) is 4.98 Å². The Bertz CT molecular complexity index is 1050. The van der Waals surface area contributed by atoms with E-state index in [0.29, 0.717) is 11.6 Å². The largest absolute Gasteiger partial charge is 0.467 e. The van der Waals surface area contributed by atoms with Crippen molar-refractivity contribution in [3.63, 3.8) is 0 Å². The van der Waals surface area contributed by atoms with Crippen molar-refractivity contribution in [3.05, 3.63) is 76.2 Å². The van der Waals surface area contributed by atoms with Crippen LogP contribution in [0.5, 0.6) is 5.88 Å². The Morgan fingerprint density at radius 3 is 2.66 bits per heavy atom. The smallest absolute Gasteiger partial charge is 0.261 e. The van der Waals surface area contributed by atoms with E-state index in [9.17, 15) is 9.59 Å². The van der Waals surface area contributed by atoms with Crippen LogP contribution < -0.4 is 10.3 Å². The van der Waals surface area contributed by atoms with Crippen molar-refractivity contribution >= 4 is 11.6 Å². The molecule has 1 amide bonds. The van der Waals surface area contributed by atoms with E-state index in [1.807, 2.05) is 24.0 Å². The second kappa shape index (κ2) is 8.47. The molecule has 29 heavy (non-hydrogen) atoms. The van der Waals surface area contributed by atoms with Gasteiger partial charge >= 0.3 is 0 Å². The molecule has 4 rings (SSSR count). The fraction of sp³-hybridized carbons (Fsp3) is 0.348. The minimum atomic E-state index is -0.220. The summed E-state index contributed by atoms with van der Waals surface area (Å²) >= 11 is 0. The first kappa shape index (κ1) is 19.2. The van der Waals surface area contributed by atoms with Gasteiger partial charge in [0.2, 0.25) is 5.88 Å². The highest BCUT2D eigenvalue weighted by Crippen LogP contribution is 2.22. The number of aromatic nitrogens is 2. The van der Waals surface area contributed by atoms with Gasteiger partial charge in [-0.25, -0.2) is 0 Å². The van der Waals surface area contributed by atoms with Crippen LogP contribution >= 0.6 is 0 Å². The number of benzene rings is 1. The number of hydrogen-bond donors (Lipinski definition) is 0. The summed E-state index contributed by atoms with van der Waals surface area (Å²) in [5.41, 5.74) is 2.55. The summed E-state index contributed by atoms with van der Waals surface area (Å²) in [6.45, 7) is 3.27. The lowest BCUT2D eigenvalue weighted by Gasteiger charge is -2.32. The Labute approximate surface area is 169 Å². The second-order valence-electron chi connectivity index (χ2n) is 7.62. The molecule has 1 fully saturated rings. The van der Waals surface area contributed by atoms with Crippen molar-refractivity contribution < 1.29 is 9.53 Å². The van der Waals surface area contributed by atoms with E-state index in [4.69, 9.17) is 4.74 Å². The van der Waals surface area contributed by atoms with E-state index in [2.05, 4.69) is 29.2 Å². The van der Waals surface area contributed by atoms with Gasteiger partial charge in [0, 0.05) is 19.3 Å². The first-order valence-corrected chi connectivity index (χ1v) is 10.0. The summed E-state index contributed by atoms with van der Waals surface area (Å²) in [7, 11) is 0. The van der Waals surface area contributed by atoms with E-state index in [-0.39, 0.29) is 24.0 Å². The van der Waals surface area contributed by atoms with Crippen LogP contribution in [0.1, 0.15) is 24.0 Å². The molecule has 1 saturated heterocycles. The zero-order valence-electron chi connectivity index (χ0n) is 16.6. The number of hydrogen-bond acceptors (Lipinski definition) is 4. The summed E-state index contributed by atoms with van der Waals surface area (Å²) < 4.78 is 7.05. The zero-order valence-corrected chi connectivity index (χ0v) is 16.6. The van der Waals surface area contributed by atoms with E-state index >= 15 is 0 Å². The summed E-state index contributed by atoms with van der Waals surface area (Å²) in [6, 6.07) is 15.5. The molecule has 0 atom stereocenters. The SMILES string of the molecule is Cc1cccn2c(=O)cc(OCC(=O)N3CCC(Cc4ccccc4)CC3)nc12. The number of amides is 1. The molecule has 2 aromatic heterocycles. The molecule has 1 aliphatic rings. The van der Waals surface area contributed by atoms with Gasteiger partial charge in [0.25, 0.3) is 11.5 Å². The lowest BCUT2D eigenvalue weighted by atomic mass is 9.90. The molecule has 3 aromatic rings. The van der Waals surface area contributed by atoms with Gasteiger partial charge in [-0.15, -0.1) is 0 Å². The van der Waals surface area contributed by atoms with Crippen LogP contribution in [0, 0.1) is 12.8 Å². The van der Waals surface area contributed by atoms with Gasteiger partial charge in [0.15, 0.2) is 6.61 Å². The molecule has 0 radical (unpaired) electrons. The monoisotopic (exact) mass is 391 g/mol. The predicted molar refractivity (Wildman–Crippen MR) is 111 cm³/mol. The first-order chi connectivity index (χ1) is 14.1. The van der Waals surface area contributed by atoms with Gasteiger partial charge in [0.05, 0.1) is 6.07 Å². The number of likely N-dealkylation sites (tertiary alicyclic amines) is 1. The average molecular weight is 391 g/mol. The lowest BCUT2D eigenvalue weighted by Crippen LogP contribution is -2.41. The number of nitrogens with zero attached hydrogens (tertiary/aromatic N) is 3. The highest BCUT2D eigenvalue weighted by atomic mass is 16.5. The number of carbonyl (C=O) groups is 1. The van der Waals surface area contributed by atoms with Gasteiger partial charge in [0.1, 0.15) is 5.65 Å². The molecule has 0 bridgehead atoms. The molecule has 6 nitrogen and oxygen atoms in total. The highest BCUT2D eigenvalue weighted by molar-refractivity contribution is 5.77. The lowest BCUT2D eigenvalue weighted by molar-refractivity contribution is -0.134. The zero-order chi connectivity index (χ0) is 20.2. The molecule has 0 N–H and O–H groups in total. The fourth-order valence-electron chi connectivity index (χ4n) is 3.88. The van der Waals surface area contributed by atoms with E-state index < -0.39 is 0 Å². The summed E-state index contributed by atoms with van der Waals surface area (Å²) in [5.74, 6) is 0.735. The highest BCUT2D eigenvalue weighted by Gasteiger charge is 2.23. The van der Waals surface area contributed by atoms with Crippen LogP contribution in [0.2, 0.25) is 0 Å². The molecule has 1 aliphatic heterocycles. The third-order valence-electron chi connectivity index (χ3n) is 5.54. The molecule has 0 spiro atoms. The van der Waals surface area contributed by atoms with Crippen LogP contribution in [0.25, 0.3) is 5.65 Å². The van der Waals surface area contributed by atoms with Gasteiger partial charge < -0.3 is 9.64 Å². The normalized spacial score (nSPS) is 14.9. The molecule has 0 saturated carbocycles. The van der Waals surface area contributed by atoms with Crippen LogP contribution in [-0.2, 0) is 11.2 Å². The fourth-order valence-corrected chi connectivity index (χ4v) is 3.88. The minimum absolute atomic E-state index is 0.0602. The van der Waals surface area contributed by atoms with Crippen LogP contribution in [-0.4, -0.2) is 39.9 Å². The van der Waals surface area contributed by atoms with Crippen molar-refractivity contribution in [1.29, 1.82) is 0 Å². The maximum Gasteiger partial charge on any atom is 0.261 e. The van der Waals surface area contributed by atoms with Crippen LogP contribution in [0.4, 0.5) is 0 Å². The Hall–Kier alpha value is -3.15. The standard InChI is InChI=1S/C23H25N3O3/c1-17-6-5-11-26-21(27)15-20(24-23(17)26)29-16-22(28)25-12-9-19(10-13-25)14-18-7-3-2-4-8-18/h2-8,11,15,19H,9-10,12-14,16H2,1H3. The van der Waals surface area contributed by atoms with Crippen molar-refractivity contribution in [2.24, 2.45) is 5.92 Å². The molecular weight excluding hydrogens is 366 g/mol. The maximum absolute atomic E-state index is 12.5. The topological polar surface area (TPSA) is 63.9 Å². The second-order valence-corrected chi connectivity index (χ2v) is 7.62. The quantitative estimate of drug-likeness (QED) is 0.671. The molecule has 1 aromatic carbocycles. The number of ether oxygens (including phenoxy) is 1. The van der Waals surface area contributed by atoms with Gasteiger partial charge in [-0.3, -0.25) is 14.0 Å². The number of aryl methyl sites for hydroxylation is 1. The number of carbonyl (C=O) groups excluding carboxylic acids is 1. The first-order valence-electron chi connectivity index (χ1n) is 10.0. The van der Waals surface area contributed by atoms with Crippen LogP contribution in [0.3, 0.4) is 0 Å². The van der Waals surface area contributed by atoms with Crippen molar-refractivity contribution in [2.45, 2.75) is 26.2 Å². The summed E-state index contributed by atoms with van der Waals surface area (Å²) in [5, 5.41) is 0. The van der Waals surface area contributed by atoms with Crippen molar-refractivity contribution in [3.8, 4) is 5.88 Å². The summed E-state index contributed by atoms with van der Waals surface area (Å²) in [6.07, 6.45) is 4.72. The Morgan fingerprint density at radius 2 is 1.90 bits per heavy atom. The molecule has 150 valence electrons. The number of pyridine rings is 1. The average Bonchev–Trinajstić information content (AvgIpc) is 2.74. The van der Waals surface area contributed by atoms with Crippen LogP contribution in [0.15, 0.2) is 59.5 Å². The van der Waals surface area contributed by atoms with E-state index in [1.54, 1.807) is 12.3 Å². The Balaban J connectivity index is 1.32. The predicted octanol–water partition coefficient (Wildman–Crippen LogP) is 2.86. The molecule has 0 aliphatic carbocycles. The third kappa shape index (κ3) is 4.47. The Kier molecular flexibility index (Phi) is 5.60. The number of rotatable bonds is 5. The number of fused-ring (bicyclic) bond motifs is 1. The van der Waals surface area contributed by atoms with Crippen molar-refractivity contribution in [2.75, 3.05) is 19.7 Å². The molecule has 0 unspecified atom stereocenters. The minimum Gasteiger partial charge on any atom is -0.467 e. The molecular formula is C23H25N3O3. The molecule has 6 heteroatoms. The maximum atomic E-state index is 12.5. The molecule has 3 heterocycles. The van der Waals surface area contributed by atoms with Gasteiger partial charge in [-0.05, 0) is 49.3 Å². The Morgan fingerprint density at radius 1 is 1.14 bits per heavy atom. The van der Waals surface area contributed by atoms with Gasteiger partial charge in [-0.1, -0.05) is 36.4 Å². The van der Waals surface area contributed by atoms with E-state index in [0.717, 1.165) is 37.9 Å².